The van der Waals surface area contributed by atoms with Crippen molar-refractivity contribution in [1.29, 1.82) is 0 Å². The second-order valence-electron chi connectivity index (χ2n) is 2.17. The van der Waals surface area contributed by atoms with Crippen LogP contribution in [0.3, 0.4) is 0 Å². The van der Waals surface area contributed by atoms with Crippen molar-refractivity contribution in [2.75, 3.05) is 13.1 Å². The zero-order valence-electron chi connectivity index (χ0n) is 6.00. The normalized spacial score (nSPS) is 13.7. The van der Waals surface area contributed by atoms with Gasteiger partial charge < -0.3 is 5.32 Å². The molecule has 0 fully saturated rings. The third-order valence-electron chi connectivity index (χ3n) is 0.916. The molecular formula is C6H9ClF3N. The van der Waals surface area contributed by atoms with Crippen LogP contribution in [0.4, 0.5) is 13.2 Å². The summed E-state index contributed by atoms with van der Waals surface area (Å²) in [7, 11) is 0. The molecule has 1 nitrogen and oxygen atoms in total. The molecule has 0 radical (unpaired) electrons. The molecule has 11 heavy (non-hydrogen) atoms. The third kappa shape index (κ3) is 7.68. The largest absolute Gasteiger partial charge is 0.401 e. The van der Waals surface area contributed by atoms with E-state index in [1.807, 2.05) is 0 Å². The van der Waals surface area contributed by atoms with Gasteiger partial charge in [0.2, 0.25) is 0 Å². The molecule has 66 valence electrons. The predicted octanol–water partition coefficient (Wildman–Crippen LogP) is 2.28. The van der Waals surface area contributed by atoms with Crippen LogP contribution in [0.5, 0.6) is 0 Å². The second-order valence-corrected chi connectivity index (χ2v) is 2.39. The maximum atomic E-state index is 11.5. The molecule has 0 amide bonds. The van der Waals surface area contributed by atoms with Gasteiger partial charge in [-0.15, -0.1) is 0 Å². The van der Waals surface area contributed by atoms with Gasteiger partial charge in [-0.3, -0.25) is 0 Å². The third-order valence-corrected chi connectivity index (χ3v) is 1.29. The Morgan fingerprint density at radius 1 is 1.55 bits per heavy atom. The zero-order valence-corrected chi connectivity index (χ0v) is 6.76. The predicted molar refractivity (Wildman–Crippen MR) is 38.5 cm³/mol. The Balaban J connectivity index is 3.43. The maximum absolute atomic E-state index is 11.5. The summed E-state index contributed by atoms with van der Waals surface area (Å²) in [4.78, 5) is 0. The highest BCUT2D eigenvalue weighted by molar-refractivity contribution is 6.25. The van der Waals surface area contributed by atoms with Crippen LogP contribution in [0.25, 0.3) is 0 Å². The van der Waals surface area contributed by atoms with E-state index >= 15 is 0 Å². The Hall–Kier alpha value is -0.220. The molecule has 0 unspecified atom stereocenters. The van der Waals surface area contributed by atoms with Gasteiger partial charge >= 0.3 is 6.18 Å². The first kappa shape index (κ1) is 10.8. The van der Waals surface area contributed by atoms with Crippen LogP contribution in [-0.2, 0) is 0 Å². The molecule has 0 aliphatic carbocycles. The summed E-state index contributed by atoms with van der Waals surface area (Å²) in [5, 5.41) is 2.20. The average molecular weight is 188 g/mol. The van der Waals surface area contributed by atoms with E-state index in [0.29, 0.717) is 5.57 Å². The standard InChI is InChI=1S/C6H9ClF3N/c1-5(2-7)3-11-4-6(8,9)10/h2,11H,3-4H2,1H3. The fourth-order valence-corrected chi connectivity index (χ4v) is 0.517. The SMILES string of the molecule is CC(=CCl)CNCC(F)(F)F. The first-order valence-corrected chi connectivity index (χ1v) is 3.42. The van der Waals surface area contributed by atoms with Gasteiger partial charge in [-0.1, -0.05) is 11.6 Å². The zero-order chi connectivity index (χ0) is 8.91. The number of hydrogen-bond acceptors (Lipinski definition) is 1. The van der Waals surface area contributed by atoms with E-state index in [1.165, 1.54) is 5.54 Å². The summed E-state index contributed by atoms with van der Waals surface area (Å²) in [6.07, 6.45) is -4.15. The van der Waals surface area contributed by atoms with Gasteiger partial charge in [0.25, 0.3) is 0 Å². The fourth-order valence-electron chi connectivity index (χ4n) is 0.440. The van der Waals surface area contributed by atoms with E-state index in [2.05, 4.69) is 5.32 Å². The molecule has 0 bridgehead atoms. The fraction of sp³-hybridized carbons (Fsp3) is 0.667. The Kier molecular flexibility index (Phi) is 4.52. The van der Waals surface area contributed by atoms with Crippen molar-refractivity contribution in [1.82, 2.24) is 5.32 Å². The first-order chi connectivity index (χ1) is 4.95. The molecule has 0 saturated carbocycles. The number of hydrogen-bond donors (Lipinski definition) is 1. The summed E-state index contributed by atoms with van der Waals surface area (Å²) in [5.74, 6) is 0. The topological polar surface area (TPSA) is 12.0 Å². The molecule has 0 saturated heterocycles. The van der Waals surface area contributed by atoms with Crippen molar-refractivity contribution >= 4 is 11.6 Å². The molecule has 0 atom stereocenters. The second kappa shape index (κ2) is 4.62. The molecule has 0 aromatic heterocycles. The van der Waals surface area contributed by atoms with Gasteiger partial charge in [-0.2, -0.15) is 13.2 Å². The van der Waals surface area contributed by atoms with Crippen molar-refractivity contribution in [2.24, 2.45) is 0 Å². The lowest BCUT2D eigenvalue weighted by atomic mass is 10.3. The minimum absolute atomic E-state index is 0.170. The molecule has 1 N–H and O–H groups in total. The van der Waals surface area contributed by atoms with E-state index in [1.54, 1.807) is 6.92 Å². The summed E-state index contributed by atoms with van der Waals surface area (Å²) >= 11 is 5.22. The smallest absolute Gasteiger partial charge is 0.305 e. The van der Waals surface area contributed by atoms with E-state index in [4.69, 9.17) is 11.6 Å². The summed E-state index contributed by atoms with van der Waals surface area (Å²) in [6.45, 7) is 0.842. The van der Waals surface area contributed by atoms with E-state index in [-0.39, 0.29) is 6.54 Å². The molecule has 0 rings (SSSR count). The monoisotopic (exact) mass is 187 g/mol. The van der Waals surface area contributed by atoms with Crippen LogP contribution in [0, 0.1) is 0 Å². The lowest BCUT2D eigenvalue weighted by Gasteiger charge is -2.07. The minimum Gasteiger partial charge on any atom is -0.305 e. The Morgan fingerprint density at radius 3 is 2.45 bits per heavy atom. The van der Waals surface area contributed by atoms with Crippen molar-refractivity contribution in [3.63, 3.8) is 0 Å². The van der Waals surface area contributed by atoms with Crippen LogP contribution in [0.2, 0.25) is 0 Å². The van der Waals surface area contributed by atoms with Gasteiger partial charge in [0.1, 0.15) is 0 Å². The van der Waals surface area contributed by atoms with Gasteiger partial charge in [0.15, 0.2) is 0 Å². The number of halogens is 4. The average Bonchev–Trinajstić information content (AvgIpc) is 1.85. The molecular weight excluding hydrogens is 179 g/mol. The van der Waals surface area contributed by atoms with Gasteiger partial charge in [-0.25, -0.2) is 0 Å². The van der Waals surface area contributed by atoms with Crippen molar-refractivity contribution in [3.8, 4) is 0 Å². The van der Waals surface area contributed by atoms with Gasteiger partial charge in [-0.05, 0) is 12.5 Å². The Labute approximate surface area is 68.2 Å². The summed E-state index contributed by atoms with van der Waals surface area (Å²) < 4.78 is 34.5. The Morgan fingerprint density at radius 2 is 2.09 bits per heavy atom. The van der Waals surface area contributed by atoms with Crippen molar-refractivity contribution in [3.05, 3.63) is 11.1 Å². The van der Waals surface area contributed by atoms with Crippen LogP contribution in [0.15, 0.2) is 11.1 Å². The quantitative estimate of drug-likeness (QED) is 0.715. The van der Waals surface area contributed by atoms with Gasteiger partial charge in [0, 0.05) is 12.1 Å². The van der Waals surface area contributed by atoms with E-state index in [0.717, 1.165) is 0 Å². The highest BCUT2D eigenvalue weighted by Gasteiger charge is 2.25. The number of alkyl halides is 3. The lowest BCUT2D eigenvalue weighted by molar-refractivity contribution is -0.124. The number of rotatable bonds is 3. The van der Waals surface area contributed by atoms with Crippen LogP contribution < -0.4 is 5.32 Å². The van der Waals surface area contributed by atoms with Crippen LogP contribution in [0.1, 0.15) is 6.92 Å². The number of nitrogens with one attached hydrogen (secondary N) is 1. The maximum Gasteiger partial charge on any atom is 0.401 e. The molecule has 0 heterocycles. The first-order valence-electron chi connectivity index (χ1n) is 2.99. The molecule has 5 heteroatoms. The highest BCUT2D eigenvalue weighted by Crippen LogP contribution is 2.12. The molecule has 0 aromatic rings. The van der Waals surface area contributed by atoms with Crippen LogP contribution >= 0.6 is 11.6 Å². The molecule has 0 aromatic carbocycles. The van der Waals surface area contributed by atoms with Crippen molar-refractivity contribution in [2.45, 2.75) is 13.1 Å². The van der Waals surface area contributed by atoms with E-state index < -0.39 is 12.7 Å². The Bertz CT molecular complexity index is 141. The van der Waals surface area contributed by atoms with Crippen molar-refractivity contribution < 1.29 is 13.2 Å². The summed E-state index contributed by atoms with van der Waals surface area (Å²) in [6, 6.07) is 0. The minimum atomic E-state index is -4.15. The molecule has 0 aliphatic rings. The van der Waals surface area contributed by atoms with E-state index in [9.17, 15) is 13.2 Å². The highest BCUT2D eigenvalue weighted by atomic mass is 35.5. The summed E-state index contributed by atoms with van der Waals surface area (Å²) in [5.41, 5.74) is 1.93. The lowest BCUT2D eigenvalue weighted by Crippen LogP contribution is -2.29. The molecule has 0 aliphatic heterocycles. The molecule has 0 spiro atoms. The van der Waals surface area contributed by atoms with Gasteiger partial charge in [0.05, 0.1) is 6.54 Å². The van der Waals surface area contributed by atoms with Crippen LogP contribution in [-0.4, -0.2) is 19.3 Å².